The zero-order valence-electron chi connectivity index (χ0n) is 12.9. The Kier molecular flexibility index (Phi) is 8.94. The van der Waals surface area contributed by atoms with Crippen molar-refractivity contribution in [3.8, 4) is 5.75 Å². The van der Waals surface area contributed by atoms with Gasteiger partial charge in [-0.15, -0.1) is 0 Å². The lowest BCUT2D eigenvalue weighted by Crippen LogP contribution is -2.25. The van der Waals surface area contributed by atoms with Crippen LogP contribution in [-0.4, -0.2) is 53.7 Å². The molecule has 0 unspecified atom stereocenters. The average Bonchev–Trinajstić information content (AvgIpc) is 2.50. The highest BCUT2D eigenvalue weighted by Crippen LogP contribution is 2.14. The van der Waals surface area contributed by atoms with Gasteiger partial charge in [-0.2, -0.15) is 11.8 Å². The minimum Gasteiger partial charge on any atom is -0.494 e. The van der Waals surface area contributed by atoms with Crippen molar-refractivity contribution in [2.24, 2.45) is 0 Å². The summed E-state index contributed by atoms with van der Waals surface area (Å²) < 4.78 is 5.58. The van der Waals surface area contributed by atoms with Gasteiger partial charge in [0.1, 0.15) is 5.75 Å². The first-order chi connectivity index (χ1) is 10.2. The minimum absolute atomic E-state index is 0.265. The third-order valence-electron chi connectivity index (χ3n) is 3.23. The first-order valence-electron chi connectivity index (χ1n) is 7.43. The maximum Gasteiger partial charge on any atom is 0.335 e. The molecular formula is C16H25NO3S. The molecule has 1 N–H and O–H groups in total. The molecule has 0 atom stereocenters. The van der Waals surface area contributed by atoms with E-state index in [1.807, 2.05) is 11.8 Å². The van der Waals surface area contributed by atoms with Gasteiger partial charge in [0.25, 0.3) is 0 Å². The summed E-state index contributed by atoms with van der Waals surface area (Å²) in [5.41, 5.74) is 0.265. The molecule has 21 heavy (non-hydrogen) atoms. The monoisotopic (exact) mass is 311 g/mol. The van der Waals surface area contributed by atoms with Crippen LogP contribution in [0, 0.1) is 0 Å². The van der Waals surface area contributed by atoms with Gasteiger partial charge in [-0.05, 0) is 43.5 Å². The van der Waals surface area contributed by atoms with Crippen molar-refractivity contribution in [3.05, 3.63) is 29.8 Å². The molecule has 0 fully saturated rings. The zero-order chi connectivity index (χ0) is 15.5. The smallest absolute Gasteiger partial charge is 0.335 e. The Hall–Kier alpha value is -1.20. The van der Waals surface area contributed by atoms with E-state index in [1.54, 1.807) is 24.3 Å². The SMILES string of the molecule is CCN(CC)CCSCCCOc1cccc(C(=O)O)c1. The summed E-state index contributed by atoms with van der Waals surface area (Å²) in [5.74, 6) is 1.92. The van der Waals surface area contributed by atoms with Crippen LogP contribution >= 0.6 is 11.8 Å². The fourth-order valence-electron chi connectivity index (χ4n) is 1.91. The third kappa shape index (κ3) is 7.39. The summed E-state index contributed by atoms with van der Waals surface area (Å²) in [7, 11) is 0. The van der Waals surface area contributed by atoms with Gasteiger partial charge in [0.15, 0.2) is 0 Å². The van der Waals surface area contributed by atoms with E-state index >= 15 is 0 Å². The average molecular weight is 311 g/mol. The molecule has 1 aromatic rings. The van der Waals surface area contributed by atoms with E-state index < -0.39 is 5.97 Å². The van der Waals surface area contributed by atoms with E-state index in [0.29, 0.717) is 12.4 Å². The van der Waals surface area contributed by atoms with Crippen LogP contribution in [0.5, 0.6) is 5.75 Å². The number of carboxylic acid groups (broad SMARTS) is 1. The molecule has 5 heteroatoms. The Morgan fingerprint density at radius 3 is 2.71 bits per heavy atom. The van der Waals surface area contributed by atoms with Gasteiger partial charge in [0.05, 0.1) is 12.2 Å². The molecule has 118 valence electrons. The number of aromatic carboxylic acids is 1. The molecule has 0 heterocycles. The van der Waals surface area contributed by atoms with Gasteiger partial charge in [0, 0.05) is 12.3 Å². The first-order valence-corrected chi connectivity index (χ1v) is 8.59. The molecule has 0 bridgehead atoms. The highest BCUT2D eigenvalue weighted by atomic mass is 32.2. The number of carboxylic acids is 1. The largest absolute Gasteiger partial charge is 0.494 e. The van der Waals surface area contributed by atoms with Gasteiger partial charge >= 0.3 is 5.97 Å². The Bertz CT molecular complexity index is 422. The Labute approximate surface area is 131 Å². The molecule has 0 radical (unpaired) electrons. The molecule has 0 aliphatic rings. The Morgan fingerprint density at radius 2 is 2.05 bits per heavy atom. The molecule has 0 amide bonds. The molecule has 0 saturated heterocycles. The Morgan fingerprint density at radius 1 is 1.29 bits per heavy atom. The number of nitrogens with zero attached hydrogens (tertiary/aromatic N) is 1. The molecule has 0 aliphatic carbocycles. The highest BCUT2D eigenvalue weighted by molar-refractivity contribution is 7.99. The number of benzene rings is 1. The van der Waals surface area contributed by atoms with Crippen LogP contribution in [0.2, 0.25) is 0 Å². The molecule has 4 nitrogen and oxygen atoms in total. The van der Waals surface area contributed by atoms with E-state index in [2.05, 4.69) is 18.7 Å². The number of rotatable bonds is 11. The van der Waals surface area contributed by atoms with Crippen LogP contribution in [0.15, 0.2) is 24.3 Å². The molecule has 0 saturated carbocycles. The van der Waals surface area contributed by atoms with Crippen molar-refractivity contribution >= 4 is 17.7 Å². The van der Waals surface area contributed by atoms with Crippen LogP contribution in [0.25, 0.3) is 0 Å². The second-order valence-electron chi connectivity index (χ2n) is 4.67. The Balaban J connectivity index is 2.11. The molecule has 1 rings (SSSR count). The molecule has 0 aliphatic heterocycles. The van der Waals surface area contributed by atoms with Gasteiger partial charge in [-0.3, -0.25) is 0 Å². The summed E-state index contributed by atoms with van der Waals surface area (Å²) in [6.45, 7) is 8.36. The first kappa shape index (κ1) is 17.9. The van der Waals surface area contributed by atoms with Crippen LogP contribution in [0.4, 0.5) is 0 Å². The summed E-state index contributed by atoms with van der Waals surface area (Å²) in [6, 6.07) is 6.63. The van der Waals surface area contributed by atoms with E-state index in [-0.39, 0.29) is 5.56 Å². The second kappa shape index (κ2) is 10.5. The number of hydrogen-bond acceptors (Lipinski definition) is 4. The van der Waals surface area contributed by atoms with Gasteiger partial charge < -0.3 is 14.7 Å². The van der Waals surface area contributed by atoms with Crippen LogP contribution < -0.4 is 4.74 Å². The fraction of sp³-hybridized carbons (Fsp3) is 0.562. The summed E-state index contributed by atoms with van der Waals surface area (Å²) >= 11 is 1.94. The second-order valence-corrected chi connectivity index (χ2v) is 5.90. The van der Waals surface area contributed by atoms with Crippen molar-refractivity contribution in [2.75, 3.05) is 37.7 Å². The summed E-state index contributed by atoms with van der Waals surface area (Å²) in [6.07, 6.45) is 0.972. The normalized spacial score (nSPS) is 10.8. The van der Waals surface area contributed by atoms with Gasteiger partial charge in [0.2, 0.25) is 0 Å². The standard InChI is InChI=1S/C16H25NO3S/c1-3-17(4-2)9-12-21-11-6-10-20-15-8-5-7-14(13-15)16(18)19/h5,7-8,13H,3-4,6,9-12H2,1-2H3,(H,18,19). The maximum atomic E-state index is 10.8. The van der Waals surface area contributed by atoms with Crippen molar-refractivity contribution < 1.29 is 14.6 Å². The van der Waals surface area contributed by atoms with Crippen LogP contribution in [-0.2, 0) is 0 Å². The lowest BCUT2D eigenvalue weighted by atomic mass is 10.2. The zero-order valence-corrected chi connectivity index (χ0v) is 13.7. The van der Waals surface area contributed by atoms with Crippen molar-refractivity contribution in [1.82, 2.24) is 4.90 Å². The molecule has 0 spiro atoms. The number of carbonyl (C=O) groups is 1. The van der Waals surface area contributed by atoms with E-state index in [0.717, 1.165) is 37.6 Å². The van der Waals surface area contributed by atoms with E-state index in [1.165, 1.54) is 0 Å². The number of hydrogen-bond donors (Lipinski definition) is 1. The minimum atomic E-state index is -0.924. The maximum absolute atomic E-state index is 10.8. The summed E-state index contributed by atoms with van der Waals surface area (Å²) in [4.78, 5) is 13.3. The van der Waals surface area contributed by atoms with E-state index in [4.69, 9.17) is 9.84 Å². The number of ether oxygens (including phenoxy) is 1. The highest BCUT2D eigenvalue weighted by Gasteiger charge is 2.03. The topological polar surface area (TPSA) is 49.8 Å². The predicted molar refractivity (Wildman–Crippen MR) is 88.6 cm³/mol. The van der Waals surface area contributed by atoms with Crippen molar-refractivity contribution in [1.29, 1.82) is 0 Å². The molecule has 0 aromatic heterocycles. The van der Waals surface area contributed by atoms with Gasteiger partial charge in [-0.1, -0.05) is 19.9 Å². The van der Waals surface area contributed by atoms with E-state index in [9.17, 15) is 4.79 Å². The lowest BCUT2D eigenvalue weighted by molar-refractivity contribution is 0.0696. The molecule has 1 aromatic carbocycles. The summed E-state index contributed by atoms with van der Waals surface area (Å²) in [5, 5.41) is 8.90. The van der Waals surface area contributed by atoms with Crippen molar-refractivity contribution in [2.45, 2.75) is 20.3 Å². The van der Waals surface area contributed by atoms with Crippen LogP contribution in [0.3, 0.4) is 0 Å². The fourth-order valence-corrected chi connectivity index (χ4v) is 2.82. The predicted octanol–water partition coefficient (Wildman–Crippen LogP) is 3.23. The van der Waals surface area contributed by atoms with Crippen LogP contribution in [0.1, 0.15) is 30.6 Å². The number of thioether (sulfide) groups is 1. The lowest BCUT2D eigenvalue weighted by Gasteiger charge is -2.17. The van der Waals surface area contributed by atoms with Gasteiger partial charge in [-0.25, -0.2) is 4.79 Å². The molecular weight excluding hydrogens is 286 g/mol. The third-order valence-corrected chi connectivity index (χ3v) is 4.28. The van der Waals surface area contributed by atoms with Crippen molar-refractivity contribution in [3.63, 3.8) is 0 Å². The quantitative estimate of drug-likeness (QED) is 0.636.